The predicted octanol–water partition coefficient (Wildman–Crippen LogP) is 11.3. The van der Waals surface area contributed by atoms with E-state index < -0.39 is 57.3 Å². The van der Waals surface area contributed by atoms with E-state index in [-0.39, 0.29) is 52.8 Å². The summed E-state index contributed by atoms with van der Waals surface area (Å²) in [6.07, 6.45) is 16.8. The van der Waals surface area contributed by atoms with Crippen LogP contribution in [-0.4, -0.2) is 167 Å². The van der Waals surface area contributed by atoms with Gasteiger partial charge in [-0.15, -0.1) is 0 Å². The molecule has 2 N–H and O–H groups in total. The molecule has 3 amide bonds. The Kier molecular flexibility index (Phi) is 16.4. The van der Waals surface area contributed by atoms with Gasteiger partial charge in [0.2, 0.25) is 36.0 Å². The molecule has 520 valence electrons. The Labute approximate surface area is 572 Å². The van der Waals surface area contributed by atoms with Gasteiger partial charge in [-0.25, -0.2) is 34.7 Å². The van der Waals surface area contributed by atoms with Gasteiger partial charge in [-0.3, -0.25) is 14.4 Å². The number of aromatic nitrogens is 2. The number of piperazine rings is 1. The first-order valence-corrected chi connectivity index (χ1v) is 40.6. The normalized spacial score (nSPS) is 29.2. The first-order chi connectivity index (χ1) is 46.2. The maximum absolute atomic E-state index is 15.2. The summed E-state index contributed by atoms with van der Waals surface area (Å²) in [6.45, 7) is 14.5. The minimum atomic E-state index is -3.73. The molecule has 0 spiro atoms. The van der Waals surface area contributed by atoms with E-state index in [4.69, 9.17) is 9.47 Å². The number of hydrogen-bond acceptors (Lipinski definition) is 13. The van der Waals surface area contributed by atoms with Gasteiger partial charge >= 0.3 is 0 Å². The van der Waals surface area contributed by atoms with Crippen molar-refractivity contribution >= 4 is 69.6 Å². The average molecular weight is 1380 g/mol. The van der Waals surface area contributed by atoms with E-state index >= 15 is 4.79 Å². The zero-order valence-electron chi connectivity index (χ0n) is 57.8. The molecule has 2 aromatic heterocycles. The number of ether oxygens (including phenoxy) is 2. The number of likely N-dealkylation sites (N-methyl/N-ethyl adjacent to an activating group) is 1. The minimum absolute atomic E-state index is 0.00482. The molecule has 4 bridgehead atoms. The lowest BCUT2D eigenvalue weighted by molar-refractivity contribution is -0.150. The molecule has 6 aliphatic heterocycles. The molecule has 8 heterocycles. The van der Waals surface area contributed by atoms with Crippen molar-refractivity contribution in [3.05, 3.63) is 106 Å². The van der Waals surface area contributed by atoms with Crippen molar-refractivity contribution in [1.29, 1.82) is 0 Å². The van der Waals surface area contributed by atoms with Gasteiger partial charge in [0, 0.05) is 120 Å². The molecule has 6 aromatic rings. The monoisotopic (exact) mass is 1380 g/mol. The van der Waals surface area contributed by atoms with E-state index in [9.17, 15) is 34.8 Å². The summed E-state index contributed by atoms with van der Waals surface area (Å²) < 4.78 is 101. The fraction of sp³-hybridized carbons (Fsp3) is 0.587. The van der Waals surface area contributed by atoms with Crippen LogP contribution in [0.4, 0.5) is 0 Å². The number of rotatable bonds is 12. The summed E-state index contributed by atoms with van der Waals surface area (Å²) in [6, 6.07) is 23.5. The summed E-state index contributed by atoms with van der Waals surface area (Å²) >= 11 is 0. The maximum atomic E-state index is 15.2. The van der Waals surface area contributed by atoms with Gasteiger partial charge in [0.15, 0.2) is 0 Å². The predicted molar refractivity (Wildman–Crippen MR) is 378 cm³/mol. The Balaban J connectivity index is 0.000000155. The second-order valence-electron chi connectivity index (χ2n) is 31.6. The molecule has 5 aliphatic carbocycles. The molecule has 0 radical (unpaired) electrons. The van der Waals surface area contributed by atoms with Gasteiger partial charge in [0.25, 0.3) is 11.8 Å². The van der Waals surface area contributed by atoms with Gasteiger partial charge in [0.1, 0.15) is 16.2 Å². The number of nitrogens with zero attached hydrogens (tertiary/aromatic N) is 6. The third-order valence-corrected chi connectivity index (χ3v) is 29.2. The van der Waals surface area contributed by atoms with Crippen LogP contribution < -0.4 is 18.9 Å². The maximum Gasteiger partial charge on any atom is 0.264 e. The third-order valence-electron chi connectivity index (χ3n) is 24.1. The molecule has 97 heavy (non-hydrogen) atoms. The van der Waals surface area contributed by atoms with Crippen LogP contribution in [0.3, 0.4) is 0 Å². The highest BCUT2D eigenvalue weighted by atomic mass is 32.2. The fourth-order valence-corrected chi connectivity index (χ4v) is 24.7. The summed E-state index contributed by atoms with van der Waals surface area (Å²) in [5.74, 6) is 1.01. The number of fused-ring (bicyclic) bond motifs is 18. The van der Waals surface area contributed by atoms with E-state index in [1.54, 1.807) is 32.4 Å². The molecule has 8 unspecified atom stereocenters. The third kappa shape index (κ3) is 11.2. The second kappa shape index (κ2) is 23.9. The Morgan fingerprint density at radius 2 is 1.05 bits per heavy atom. The van der Waals surface area contributed by atoms with Gasteiger partial charge in [-0.2, -0.15) is 4.31 Å². The van der Waals surface area contributed by atoms with E-state index in [1.807, 2.05) is 54.6 Å². The van der Waals surface area contributed by atoms with E-state index in [0.29, 0.717) is 49.0 Å². The molecule has 19 nitrogen and oxygen atoms in total. The van der Waals surface area contributed by atoms with Gasteiger partial charge in [-0.1, -0.05) is 78.4 Å². The van der Waals surface area contributed by atoms with Crippen LogP contribution >= 0.6 is 0 Å². The number of benzene rings is 4. The quantitative estimate of drug-likeness (QED) is 0.117. The number of piperidine rings is 3. The van der Waals surface area contributed by atoms with Crippen molar-refractivity contribution < 1.29 is 49.1 Å². The summed E-state index contributed by atoms with van der Waals surface area (Å²) in [7, 11) is -3.57. The number of carbonyl (C=O) groups excluding carboxylic acids is 3. The zero-order chi connectivity index (χ0) is 68.3. The molecule has 22 heteroatoms. The molecule has 11 aliphatic rings. The first kappa shape index (κ1) is 66.6. The Bertz CT molecular complexity index is 4560. The van der Waals surface area contributed by atoms with Crippen molar-refractivity contribution in [2.24, 2.45) is 16.2 Å². The number of hydrogen-bond donors (Lipinski definition) is 2. The van der Waals surface area contributed by atoms with E-state index in [1.165, 1.54) is 42.4 Å². The van der Waals surface area contributed by atoms with E-state index in [2.05, 4.69) is 79.4 Å². The number of sulfonamides is 3. The van der Waals surface area contributed by atoms with Crippen LogP contribution in [0.15, 0.2) is 72.8 Å². The van der Waals surface area contributed by atoms with Crippen LogP contribution in [-0.2, 0) is 48.0 Å². The van der Waals surface area contributed by atoms with Crippen molar-refractivity contribution in [3.63, 3.8) is 0 Å². The van der Waals surface area contributed by atoms with Crippen LogP contribution in [0, 0.1) is 16.2 Å². The zero-order valence-corrected chi connectivity index (χ0v) is 60.3. The smallest absolute Gasteiger partial charge is 0.264 e. The van der Waals surface area contributed by atoms with Crippen molar-refractivity contribution in [3.8, 4) is 34.0 Å². The second-order valence-corrected chi connectivity index (χ2v) is 37.5. The Morgan fingerprint density at radius 3 is 1.55 bits per heavy atom. The molecular weight excluding hydrogens is 1290 g/mol. The van der Waals surface area contributed by atoms with E-state index in [0.717, 1.165) is 159 Å². The number of amides is 3. The van der Waals surface area contributed by atoms with Crippen LogP contribution in [0.25, 0.3) is 44.3 Å². The highest BCUT2D eigenvalue weighted by Crippen LogP contribution is 2.68. The lowest BCUT2D eigenvalue weighted by atomic mass is 9.65. The summed E-state index contributed by atoms with van der Waals surface area (Å²) in [5.41, 5.74) is 10.8. The highest BCUT2D eigenvalue weighted by Gasteiger charge is 2.71. The molecule has 4 aromatic carbocycles. The number of likely N-dealkylation sites (tertiary alicyclic amines) is 3. The topological polar surface area (TPSA) is 219 Å². The van der Waals surface area contributed by atoms with Crippen molar-refractivity contribution in [2.45, 2.75) is 189 Å². The average Bonchev–Trinajstić information content (AvgIpc) is 1.51. The first-order valence-electron chi connectivity index (χ1n) is 35.7. The molecular formula is C75H96N8O11S3. The summed E-state index contributed by atoms with van der Waals surface area (Å²) in [5, 5.41) is 1.60. The number of nitrogens with one attached hydrogen (secondary N) is 2. The number of carbonyl (C=O) groups is 3. The molecule has 8 atom stereocenters. The van der Waals surface area contributed by atoms with Crippen molar-refractivity contribution in [1.82, 2.24) is 37.6 Å². The Morgan fingerprint density at radius 1 is 0.557 bits per heavy atom. The van der Waals surface area contributed by atoms with Gasteiger partial charge in [-0.05, 0) is 184 Å². The molecule has 5 saturated carbocycles. The highest BCUT2D eigenvalue weighted by molar-refractivity contribution is 7.91. The van der Waals surface area contributed by atoms with Crippen LogP contribution in [0.2, 0.25) is 0 Å². The largest absolute Gasteiger partial charge is 0.497 e. The van der Waals surface area contributed by atoms with Crippen LogP contribution in [0.5, 0.6) is 11.5 Å². The van der Waals surface area contributed by atoms with Crippen molar-refractivity contribution in [2.75, 3.05) is 73.8 Å². The lowest BCUT2D eigenvalue weighted by Crippen LogP contribution is -2.71. The Hall–Kier alpha value is -6.30. The molecule has 17 rings (SSSR count). The number of methoxy groups -OCH3 is 2. The minimum Gasteiger partial charge on any atom is -0.497 e. The lowest BCUT2D eigenvalue weighted by Gasteiger charge is -2.56. The van der Waals surface area contributed by atoms with Crippen LogP contribution in [0.1, 0.15) is 197 Å². The standard InChI is InChI=1S/C38H48N4O5S.C35H42N4O6S2.C2H6/c1-36-18-37(2,20-40(3)19-36)22-41(21-36)35(44)38-17-30(38)29-16-26(47-4)12-14-27(29)33-32(24-9-7-6-8-10-24)28-13-11-25(15-31(28)42(33)23-38)34(43)39-48(5,45)46;1-37-18-23-15-24(19-37)39(23)47(43,44)35-17-30(35)29-16-25(45-2)9-13-27(29)33-32(21-6-4-3-5-7-21)28-12-8-22(14-31(28)38(33)20-35)34(40)36-46(41,42)26-10-11-26;1-2/h11-16,24,30H,6-10,17-23H2,1-5H3,(H,39,43);8-9,12-14,16,21,23-24,26,30H,3-7,10-11,15,17-20H2,1-2H3,(H,36,40);1-2H3. The van der Waals surface area contributed by atoms with Gasteiger partial charge in [0.05, 0.1) is 42.5 Å². The van der Waals surface area contributed by atoms with Gasteiger partial charge < -0.3 is 33.3 Å². The molecule has 4 saturated heterocycles. The fourth-order valence-electron chi connectivity index (χ4n) is 20.3. The molecule has 9 fully saturated rings. The SMILES string of the molecule is CC.COc1ccc2c(c1)C1CC1(C(=O)N1CC3(C)CN(C)CC(C)(C1)C3)Cn1c-2c(C2CCCCC2)c2ccc(C(=O)NS(C)(=O)=O)cc21.COc1ccc2c(c1)C1CC1(S(=O)(=O)N1C3CC1CN(C)C3)Cn1c-2c(C2CCCCC2)c2ccc(C(=O)NS(=O)(=O)C3CC3)cc21. The summed E-state index contributed by atoms with van der Waals surface area (Å²) in [4.78, 5) is 48.6.